The summed E-state index contributed by atoms with van der Waals surface area (Å²) < 4.78 is 36.1. The van der Waals surface area contributed by atoms with Gasteiger partial charge in [0, 0.05) is 18.8 Å². The Kier molecular flexibility index (Phi) is 5.51. The van der Waals surface area contributed by atoms with Crippen LogP contribution >= 0.6 is 0 Å². The fourth-order valence-electron chi connectivity index (χ4n) is 3.15. The van der Waals surface area contributed by atoms with E-state index in [1.807, 2.05) is 12.1 Å². The van der Waals surface area contributed by atoms with Crippen LogP contribution in [0.3, 0.4) is 0 Å². The quantitative estimate of drug-likeness (QED) is 0.858. The van der Waals surface area contributed by atoms with E-state index in [2.05, 4.69) is 10.6 Å². The number of hydrogen-bond donors (Lipinski definition) is 2. The second kappa shape index (κ2) is 7.64. The highest BCUT2D eigenvalue weighted by molar-refractivity contribution is 7.90. The normalized spacial score (nSPS) is 21.2. The third kappa shape index (κ3) is 4.87. The molecule has 3 rings (SSSR count). The summed E-state index contributed by atoms with van der Waals surface area (Å²) in [5.41, 5.74) is 2.14. The van der Waals surface area contributed by atoms with Crippen LogP contribution < -0.4 is 10.6 Å². The van der Waals surface area contributed by atoms with E-state index >= 15 is 0 Å². The van der Waals surface area contributed by atoms with Crippen molar-refractivity contribution >= 4 is 9.84 Å². The molecule has 0 radical (unpaired) electrons. The molecule has 0 bridgehead atoms. The Bertz CT molecular complexity index is 804. The predicted molar refractivity (Wildman–Crippen MR) is 96.3 cm³/mol. The van der Waals surface area contributed by atoms with Gasteiger partial charge < -0.3 is 0 Å². The van der Waals surface area contributed by atoms with Crippen molar-refractivity contribution < 1.29 is 12.8 Å². The Labute approximate surface area is 148 Å². The molecule has 0 aliphatic carbocycles. The van der Waals surface area contributed by atoms with Crippen molar-refractivity contribution in [3.05, 3.63) is 65.5 Å². The lowest BCUT2D eigenvalue weighted by molar-refractivity contribution is 0.282. The minimum Gasteiger partial charge on any atom is -0.298 e. The van der Waals surface area contributed by atoms with Gasteiger partial charge in [0.2, 0.25) is 0 Å². The van der Waals surface area contributed by atoms with E-state index in [4.69, 9.17) is 0 Å². The molecule has 134 valence electrons. The zero-order valence-corrected chi connectivity index (χ0v) is 15.0. The standard InChI is InChI=1S/C19H23FN2O2S/c1-25(23,24)17-11-7-15(8-12-17)18-3-2-4-19(22-18)21-13-14-5-9-16(20)10-6-14/h5-12,18-19,21-22H,2-4,13H2,1H3. The summed E-state index contributed by atoms with van der Waals surface area (Å²) in [6.07, 6.45) is 4.54. The van der Waals surface area contributed by atoms with Crippen LogP contribution in [-0.4, -0.2) is 20.8 Å². The predicted octanol–water partition coefficient (Wildman–Crippen LogP) is 3.16. The van der Waals surface area contributed by atoms with E-state index in [9.17, 15) is 12.8 Å². The molecule has 1 fully saturated rings. The highest BCUT2D eigenvalue weighted by atomic mass is 32.2. The molecule has 0 aromatic heterocycles. The fourth-order valence-corrected chi connectivity index (χ4v) is 3.78. The van der Waals surface area contributed by atoms with Crippen molar-refractivity contribution in [2.45, 2.75) is 42.9 Å². The average Bonchev–Trinajstić information content (AvgIpc) is 2.61. The molecule has 0 amide bonds. The van der Waals surface area contributed by atoms with Gasteiger partial charge in [-0.2, -0.15) is 0 Å². The summed E-state index contributed by atoms with van der Waals surface area (Å²) in [5.74, 6) is -0.225. The Hall–Kier alpha value is -1.76. The van der Waals surface area contributed by atoms with Gasteiger partial charge in [0.05, 0.1) is 11.1 Å². The number of nitrogens with one attached hydrogen (secondary N) is 2. The van der Waals surface area contributed by atoms with E-state index in [1.54, 1.807) is 24.3 Å². The zero-order valence-electron chi connectivity index (χ0n) is 14.2. The lowest BCUT2D eigenvalue weighted by Crippen LogP contribution is -2.46. The van der Waals surface area contributed by atoms with Gasteiger partial charge in [-0.25, -0.2) is 12.8 Å². The molecular formula is C19H23FN2O2S. The van der Waals surface area contributed by atoms with E-state index < -0.39 is 9.84 Å². The van der Waals surface area contributed by atoms with Crippen LogP contribution in [0.4, 0.5) is 4.39 Å². The maximum absolute atomic E-state index is 13.0. The average molecular weight is 362 g/mol. The molecule has 2 unspecified atom stereocenters. The molecule has 2 aromatic rings. The zero-order chi connectivity index (χ0) is 17.9. The molecule has 1 heterocycles. The maximum Gasteiger partial charge on any atom is 0.175 e. The number of piperidine rings is 1. The molecule has 1 aliphatic heterocycles. The highest BCUT2D eigenvalue weighted by Gasteiger charge is 2.22. The first-order valence-electron chi connectivity index (χ1n) is 8.46. The molecule has 0 saturated carbocycles. The minimum absolute atomic E-state index is 0.179. The van der Waals surface area contributed by atoms with Crippen LogP contribution in [-0.2, 0) is 16.4 Å². The summed E-state index contributed by atoms with van der Waals surface area (Å²) in [6.45, 7) is 0.678. The summed E-state index contributed by atoms with van der Waals surface area (Å²) in [5, 5.41) is 7.04. The summed E-state index contributed by atoms with van der Waals surface area (Å²) in [7, 11) is -3.16. The Morgan fingerprint density at radius 2 is 1.76 bits per heavy atom. The van der Waals surface area contributed by atoms with Crippen LogP contribution in [0.5, 0.6) is 0 Å². The molecule has 2 aromatic carbocycles. The Balaban J connectivity index is 1.60. The molecule has 25 heavy (non-hydrogen) atoms. The third-order valence-corrected chi connectivity index (χ3v) is 5.69. The van der Waals surface area contributed by atoms with Gasteiger partial charge in [-0.1, -0.05) is 24.3 Å². The van der Waals surface area contributed by atoms with Crippen molar-refractivity contribution in [1.82, 2.24) is 10.6 Å². The Morgan fingerprint density at radius 1 is 1.08 bits per heavy atom. The minimum atomic E-state index is -3.16. The summed E-state index contributed by atoms with van der Waals surface area (Å²) >= 11 is 0. The van der Waals surface area contributed by atoms with Crippen molar-refractivity contribution in [1.29, 1.82) is 0 Å². The maximum atomic E-state index is 13.0. The van der Waals surface area contributed by atoms with Crippen LogP contribution in [0.2, 0.25) is 0 Å². The smallest absolute Gasteiger partial charge is 0.175 e. The third-order valence-electron chi connectivity index (χ3n) is 4.56. The van der Waals surface area contributed by atoms with E-state index in [0.29, 0.717) is 11.4 Å². The molecule has 2 N–H and O–H groups in total. The van der Waals surface area contributed by atoms with Gasteiger partial charge in [-0.3, -0.25) is 10.6 Å². The lowest BCUT2D eigenvalue weighted by atomic mass is 9.96. The van der Waals surface area contributed by atoms with Crippen molar-refractivity contribution in [2.75, 3.05) is 6.26 Å². The van der Waals surface area contributed by atoms with Crippen LogP contribution in [0.25, 0.3) is 0 Å². The molecule has 0 spiro atoms. The first-order chi connectivity index (χ1) is 11.9. The van der Waals surface area contributed by atoms with Gasteiger partial charge in [-0.05, 0) is 54.7 Å². The molecule has 6 heteroatoms. The van der Waals surface area contributed by atoms with Gasteiger partial charge in [0.25, 0.3) is 0 Å². The van der Waals surface area contributed by atoms with Crippen molar-refractivity contribution in [2.24, 2.45) is 0 Å². The molecule has 1 aliphatic rings. The van der Waals surface area contributed by atoms with Gasteiger partial charge >= 0.3 is 0 Å². The van der Waals surface area contributed by atoms with Gasteiger partial charge in [-0.15, -0.1) is 0 Å². The molecule has 2 atom stereocenters. The van der Waals surface area contributed by atoms with Crippen molar-refractivity contribution in [3.63, 3.8) is 0 Å². The van der Waals surface area contributed by atoms with Crippen LogP contribution in [0.15, 0.2) is 53.4 Å². The highest BCUT2D eigenvalue weighted by Crippen LogP contribution is 2.26. The first kappa shape index (κ1) is 18.0. The fraction of sp³-hybridized carbons (Fsp3) is 0.368. The first-order valence-corrected chi connectivity index (χ1v) is 10.3. The van der Waals surface area contributed by atoms with Crippen molar-refractivity contribution in [3.8, 4) is 0 Å². The van der Waals surface area contributed by atoms with Gasteiger partial charge in [0.15, 0.2) is 9.84 Å². The second-order valence-corrected chi connectivity index (χ2v) is 8.57. The second-order valence-electron chi connectivity index (χ2n) is 6.55. The molecule has 1 saturated heterocycles. The number of hydrogen-bond acceptors (Lipinski definition) is 4. The largest absolute Gasteiger partial charge is 0.298 e. The van der Waals surface area contributed by atoms with Crippen LogP contribution in [0, 0.1) is 5.82 Å². The molecule has 4 nitrogen and oxygen atoms in total. The Morgan fingerprint density at radius 3 is 2.40 bits per heavy atom. The van der Waals surface area contributed by atoms with Gasteiger partial charge in [0.1, 0.15) is 5.82 Å². The van der Waals surface area contributed by atoms with E-state index in [-0.39, 0.29) is 18.0 Å². The van der Waals surface area contributed by atoms with Crippen LogP contribution in [0.1, 0.15) is 36.4 Å². The molecular weight excluding hydrogens is 339 g/mol. The summed E-state index contributed by atoms with van der Waals surface area (Å²) in [6, 6.07) is 13.8. The topological polar surface area (TPSA) is 58.2 Å². The SMILES string of the molecule is CS(=O)(=O)c1ccc(C2CCCC(NCc3ccc(F)cc3)N2)cc1. The summed E-state index contributed by atoms with van der Waals surface area (Å²) in [4.78, 5) is 0.345. The number of halogens is 1. The number of sulfone groups is 1. The number of benzene rings is 2. The lowest BCUT2D eigenvalue weighted by Gasteiger charge is -2.32. The van der Waals surface area contributed by atoms with E-state index in [1.165, 1.54) is 18.4 Å². The monoisotopic (exact) mass is 362 g/mol. The number of rotatable bonds is 5. The van der Waals surface area contributed by atoms with E-state index in [0.717, 1.165) is 30.4 Å².